The van der Waals surface area contributed by atoms with Crippen molar-refractivity contribution in [3.8, 4) is 0 Å². The number of aromatic nitrogens is 3. The Balaban J connectivity index is 3.01. The van der Waals surface area contributed by atoms with Crippen molar-refractivity contribution in [2.24, 2.45) is 5.73 Å². The highest BCUT2D eigenvalue weighted by Crippen LogP contribution is 2.22. The van der Waals surface area contributed by atoms with Crippen LogP contribution in [0.15, 0.2) is 0 Å². The molecular formula is C11H22N4. The van der Waals surface area contributed by atoms with Crippen LogP contribution in [-0.2, 0) is 6.54 Å². The Morgan fingerprint density at radius 1 is 1.27 bits per heavy atom. The van der Waals surface area contributed by atoms with Gasteiger partial charge in [0.25, 0.3) is 0 Å². The van der Waals surface area contributed by atoms with E-state index in [1.54, 1.807) is 0 Å². The molecule has 86 valence electrons. The van der Waals surface area contributed by atoms with Gasteiger partial charge < -0.3 is 10.3 Å². The van der Waals surface area contributed by atoms with Crippen molar-refractivity contribution in [3.05, 3.63) is 11.6 Å². The van der Waals surface area contributed by atoms with E-state index in [-0.39, 0.29) is 0 Å². The second kappa shape index (κ2) is 5.26. The third-order valence-electron chi connectivity index (χ3n) is 2.65. The maximum Gasteiger partial charge on any atom is 0.147 e. The Hall–Kier alpha value is -0.900. The molecule has 1 atom stereocenters. The van der Waals surface area contributed by atoms with E-state index in [0.717, 1.165) is 18.1 Å². The lowest BCUT2D eigenvalue weighted by Gasteiger charge is -2.16. The average molecular weight is 210 g/mol. The highest BCUT2D eigenvalue weighted by Gasteiger charge is 2.17. The lowest BCUT2D eigenvalue weighted by Crippen LogP contribution is -2.14. The number of rotatable bonds is 5. The van der Waals surface area contributed by atoms with Crippen molar-refractivity contribution in [3.63, 3.8) is 0 Å². The Bertz CT molecular complexity index is 304. The summed E-state index contributed by atoms with van der Waals surface area (Å²) in [6.07, 6.45) is 2.32. The first-order chi connectivity index (χ1) is 7.11. The third-order valence-corrected chi connectivity index (χ3v) is 2.65. The van der Waals surface area contributed by atoms with Crippen LogP contribution in [0.5, 0.6) is 0 Å². The van der Waals surface area contributed by atoms with Crippen molar-refractivity contribution in [2.45, 2.75) is 59.0 Å². The SMILES string of the molecule is CCCC(C)c1nnc(CN)n1C(C)C. The fourth-order valence-electron chi connectivity index (χ4n) is 1.94. The van der Waals surface area contributed by atoms with Gasteiger partial charge in [-0.25, -0.2) is 0 Å². The monoisotopic (exact) mass is 210 g/mol. The summed E-state index contributed by atoms with van der Waals surface area (Å²) in [5.41, 5.74) is 5.65. The molecule has 0 amide bonds. The molecule has 0 aromatic carbocycles. The molecule has 0 saturated heterocycles. The highest BCUT2D eigenvalue weighted by atomic mass is 15.3. The van der Waals surface area contributed by atoms with Gasteiger partial charge in [0, 0.05) is 12.0 Å². The van der Waals surface area contributed by atoms with E-state index in [1.165, 1.54) is 6.42 Å². The molecule has 1 rings (SSSR count). The van der Waals surface area contributed by atoms with Gasteiger partial charge in [0.15, 0.2) is 0 Å². The van der Waals surface area contributed by atoms with E-state index >= 15 is 0 Å². The average Bonchev–Trinajstić information content (AvgIpc) is 2.61. The number of hydrogen-bond donors (Lipinski definition) is 1. The molecule has 4 nitrogen and oxygen atoms in total. The third kappa shape index (κ3) is 2.56. The van der Waals surface area contributed by atoms with Gasteiger partial charge in [-0.2, -0.15) is 0 Å². The summed E-state index contributed by atoms with van der Waals surface area (Å²) >= 11 is 0. The molecule has 1 aromatic heterocycles. The molecule has 0 spiro atoms. The molecule has 0 saturated carbocycles. The Morgan fingerprint density at radius 3 is 2.40 bits per heavy atom. The Kier molecular flexibility index (Phi) is 4.27. The number of nitrogens with zero attached hydrogens (tertiary/aromatic N) is 3. The van der Waals surface area contributed by atoms with Crippen molar-refractivity contribution >= 4 is 0 Å². The molecule has 0 bridgehead atoms. The second-order valence-corrected chi connectivity index (χ2v) is 4.33. The van der Waals surface area contributed by atoms with Gasteiger partial charge in [0.2, 0.25) is 0 Å². The molecule has 0 aliphatic carbocycles. The van der Waals surface area contributed by atoms with Crippen LogP contribution in [0.4, 0.5) is 0 Å². The van der Waals surface area contributed by atoms with Crippen molar-refractivity contribution < 1.29 is 0 Å². The molecule has 4 heteroatoms. The molecule has 0 fully saturated rings. The largest absolute Gasteiger partial charge is 0.324 e. The lowest BCUT2D eigenvalue weighted by atomic mass is 10.1. The van der Waals surface area contributed by atoms with Gasteiger partial charge in [0.1, 0.15) is 11.6 Å². The Labute approximate surface area is 91.9 Å². The van der Waals surface area contributed by atoms with Gasteiger partial charge >= 0.3 is 0 Å². The molecule has 0 aliphatic heterocycles. The van der Waals surface area contributed by atoms with Crippen LogP contribution < -0.4 is 5.73 Å². The summed E-state index contributed by atoms with van der Waals surface area (Å²) in [5, 5.41) is 8.41. The van der Waals surface area contributed by atoms with E-state index in [0.29, 0.717) is 18.5 Å². The molecule has 1 aromatic rings. The molecule has 2 N–H and O–H groups in total. The first-order valence-corrected chi connectivity index (χ1v) is 5.75. The van der Waals surface area contributed by atoms with Gasteiger partial charge in [-0.1, -0.05) is 20.3 Å². The van der Waals surface area contributed by atoms with Crippen molar-refractivity contribution in [2.75, 3.05) is 0 Å². The van der Waals surface area contributed by atoms with Crippen molar-refractivity contribution in [1.82, 2.24) is 14.8 Å². The normalized spacial score (nSPS) is 13.5. The van der Waals surface area contributed by atoms with E-state index in [2.05, 4.69) is 42.5 Å². The quantitative estimate of drug-likeness (QED) is 0.810. The number of hydrogen-bond acceptors (Lipinski definition) is 3. The first-order valence-electron chi connectivity index (χ1n) is 5.75. The van der Waals surface area contributed by atoms with Crippen LogP contribution >= 0.6 is 0 Å². The summed E-state index contributed by atoms with van der Waals surface area (Å²) in [6.45, 7) is 9.14. The summed E-state index contributed by atoms with van der Waals surface area (Å²) in [4.78, 5) is 0. The molecule has 0 radical (unpaired) electrons. The van der Waals surface area contributed by atoms with E-state index < -0.39 is 0 Å². The van der Waals surface area contributed by atoms with Gasteiger partial charge in [0.05, 0.1) is 6.54 Å². The van der Waals surface area contributed by atoms with Crippen molar-refractivity contribution in [1.29, 1.82) is 0 Å². The fourth-order valence-corrected chi connectivity index (χ4v) is 1.94. The fraction of sp³-hybridized carbons (Fsp3) is 0.818. The molecule has 15 heavy (non-hydrogen) atoms. The minimum Gasteiger partial charge on any atom is -0.324 e. The van der Waals surface area contributed by atoms with Crippen LogP contribution in [0.2, 0.25) is 0 Å². The minimum atomic E-state index is 0.382. The predicted molar refractivity (Wildman–Crippen MR) is 61.6 cm³/mol. The predicted octanol–water partition coefficient (Wildman–Crippen LogP) is 2.22. The van der Waals surface area contributed by atoms with E-state index in [1.807, 2.05) is 0 Å². The smallest absolute Gasteiger partial charge is 0.147 e. The van der Waals surface area contributed by atoms with Crippen LogP contribution in [0.25, 0.3) is 0 Å². The zero-order valence-electron chi connectivity index (χ0n) is 10.2. The molecule has 1 heterocycles. The van der Waals surface area contributed by atoms with Gasteiger partial charge in [-0.3, -0.25) is 0 Å². The van der Waals surface area contributed by atoms with Gasteiger partial charge in [-0.05, 0) is 20.3 Å². The molecular weight excluding hydrogens is 188 g/mol. The van der Waals surface area contributed by atoms with Gasteiger partial charge in [-0.15, -0.1) is 10.2 Å². The zero-order valence-corrected chi connectivity index (χ0v) is 10.2. The first kappa shape index (κ1) is 12.2. The molecule has 0 aliphatic rings. The number of nitrogens with two attached hydrogens (primary N) is 1. The summed E-state index contributed by atoms with van der Waals surface area (Å²) in [6, 6.07) is 0.382. The summed E-state index contributed by atoms with van der Waals surface area (Å²) in [7, 11) is 0. The minimum absolute atomic E-state index is 0.382. The Morgan fingerprint density at radius 2 is 1.93 bits per heavy atom. The maximum absolute atomic E-state index is 5.65. The van der Waals surface area contributed by atoms with E-state index in [9.17, 15) is 0 Å². The summed E-state index contributed by atoms with van der Waals surface area (Å²) < 4.78 is 2.17. The van der Waals surface area contributed by atoms with Crippen LogP contribution in [0, 0.1) is 0 Å². The van der Waals surface area contributed by atoms with Crippen LogP contribution in [0.3, 0.4) is 0 Å². The maximum atomic E-state index is 5.65. The second-order valence-electron chi connectivity index (χ2n) is 4.33. The highest BCUT2D eigenvalue weighted by molar-refractivity contribution is 5.02. The zero-order chi connectivity index (χ0) is 11.4. The topological polar surface area (TPSA) is 56.7 Å². The lowest BCUT2D eigenvalue weighted by molar-refractivity contribution is 0.505. The van der Waals surface area contributed by atoms with Crippen LogP contribution in [-0.4, -0.2) is 14.8 Å². The standard InChI is InChI=1S/C11H22N4/c1-5-6-9(4)11-14-13-10(7-12)15(11)8(2)3/h8-9H,5-7,12H2,1-4H3. The summed E-state index contributed by atoms with van der Waals surface area (Å²) in [5.74, 6) is 2.43. The molecule has 1 unspecified atom stereocenters. The van der Waals surface area contributed by atoms with E-state index in [4.69, 9.17) is 5.73 Å². The van der Waals surface area contributed by atoms with Crippen LogP contribution in [0.1, 0.15) is 64.1 Å².